The first-order valence-corrected chi connectivity index (χ1v) is 11.4. The third-order valence-electron chi connectivity index (χ3n) is 5.69. The van der Waals surface area contributed by atoms with Gasteiger partial charge in [-0.2, -0.15) is 10.5 Å². The minimum atomic E-state index is 0.570. The number of aromatic nitrogens is 1. The van der Waals surface area contributed by atoms with Crippen LogP contribution in [-0.4, -0.2) is 6.21 Å². The monoisotopic (exact) mass is 453 g/mol. The molecule has 0 spiro atoms. The summed E-state index contributed by atoms with van der Waals surface area (Å²) in [6.45, 7) is 3.34. The van der Waals surface area contributed by atoms with Crippen LogP contribution in [0.2, 0.25) is 0 Å². The highest BCUT2D eigenvalue weighted by Gasteiger charge is 2.07. The third kappa shape index (κ3) is 6.16. The summed E-state index contributed by atoms with van der Waals surface area (Å²) in [5, 5.41) is 17.9. The molecule has 0 saturated carbocycles. The maximum absolute atomic E-state index is 8.96. The average Bonchev–Trinajstić information content (AvgIpc) is 2.91. The minimum Gasteiger partial charge on any atom is -0.288 e. The van der Waals surface area contributed by atoms with Crippen LogP contribution < -0.4 is 4.57 Å². The fourth-order valence-electron chi connectivity index (χ4n) is 3.78. The molecule has 0 bridgehead atoms. The van der Waals surface area contributed by atoms with Gasteiger partial charge in [-0.1, -0.05) is 48.6 Å². The lowest BCUT2D eigenvalue weighted by Gasteiger charge is -2.07. The first-order valence-electron chi connectivity index (χ1n) is 11.4. The summed E-state index contributed by atoms with van der Waals surface area (Å²) in [6, 6.07) is 30.1. The number of nitriles is 2. The normalized spacial score (nSPS) is 10.9. The molecule has 4 heteroatoms. The summed E-state index contributed by atoms with van der Waals surface area (Å²) in [5.74, 6) is 0. The van der Waals surface area contributed by atoms with Crippen molar-refractivity contribution in [3.8, 4) is 23.3 Å². The second-order valence-electron chi connectivity index (χ2n) is 8.19. The number of nitrogens with zero attached hydrogens (tertiary/aromatic N) is 4. The molecule has 0 aliphatic carbocycles. The van der Waals surface area contributed by atoms with E-state index >= 15 is 0 Å². The Morgan fingerprint density at radius 1 is 0.743 bits per heavy atom. The SMILES string of the molecule is C/C=C\c1cc(-c2cc[n+](Cc3ccc(C#N)cc3)cc2)ccc1C=NCc1ccc(C#N)cc1. The van der Waals surface area contributed by atoms with E-state index in [2.05, 4.69) is 70.5 Å². The summed E-state index contributed by atoms with van der Waals surface area (Å²) in [6.07, 6.45) is 10.2. The molecular weight excluding hydrogens is 428 g/mol. The highest BCUT2D eigenvalue weighted by atomic mass is 14.9. The molecule has 0 aliphatic heterocycles. The Bertz CT molecular complexity index is 1430. The van der Waals surface area contributed by atoms with Gasteiger partial charge in [0.2, 0.25) is 0 Å². The van der Waals surface area contributed by atoms with Crippen molar-refractivity contribution >= 4 is 12.3 Å². The van der Waals surface area contributed by atoms with E-state index in [1.54, 1.807) is 0 Å². The van der Waals surface area contributed by atoms with Crippen LogP contribution in [0, 0.1) is 22.7 Å². The summed E-state index contributed by atoms with van der Waals surface area (Å²) in [4.78, 5) is 4.61. The van der Waals surface area contributed by atoms with Crippen LogP contribution in [0.15, 0.2) is 102 Å². The summed E-state index contributed by atoms with van der Waals surface area (Å²) in [5.41, 5.74) is 8.03. The molecule has 0 unspecified atom stereocenters. The number of hydrogen-bond donors (Lipinski definition) is 0. The van der Waals surface area contributed by atoms with Crippen molar-refractivity contribution in [1.29, 1.82) is 10.5 Å². The standard InChI is InChI=1S/C31H25N4/c1-2-3-29-18-30(12-13-31(29)22-34-21-26-8-4-24(19-32)5-9-26)28-14-16-35(17-15-28)23-27-10-6-25(20-33)7-11-27/h2-18,22H,21,23H2,1H3/q+1/b3-2-,34-22?. The Morgan fingerprint density at radius 3 is 1.97 bits per heavy atom. The van der Waals surface area contributed by atoms with Crippen LogP contribution in [-0.2, 0) is 13.1 Å². The molecule has 1 heterocycles. The zero-order valence-corrected chi connectivity index (χ0v) is 19.6. The van der Waals surface area contributed by atoms with E-state index in [0.717, 1.165) is 39.9 Å². The molecule has 35 heavy (non-hydrogen) atoms. The third-order valence-corrected chi connectivity index (χ3v) is 5.69. The Morgan fingerprint density at radius 2 is 1.37 bits per heavy atom. The van der Waals surface area contributed by atoms with E-state index in [4.69, 9.17) is 10.5 Å². The Kier molecular flexibility index (Phi) is 7.59. The van der Waals surface area contributed by atoms with Gasteiger partial charge in [-0.15, -0.1) is 0 Å². The molecule has 0 fully saturated rings. The molecule has 0 saturated heterocycles. The van der Waals surface area contributed by atoms with Crippen LogP contribution >= 0.6 is 0 Å². The zero-order valence-electron chi connectivity index (χ0n) is 19.6. The predicted octanol–water partition coefficient (Wildman–Crippen LogP) is 6.08. The molecule has 0 atom stereocenters. The molecule has 0 radical (unpaired) electrons. The summed E-state index contributed by atoms with van der Waals surface area (Å²) >= 11 is 0. The Labute approximate surface area is 206 Å². The largest absolute Gasteiger partial charge is 0.288 e. The first kappa shape index (κ1) is 23.4. The van der Waals surface area contributed by atoms with Crippen LogP contribution in [0.5, 0.6) is 0 Å². The van der Waals surface area contributed by atoms with Gasteiger partial charge in [-0.25, -0.2) is 4.57 Å². The highest BCUT2D eigenvalue weighted by molar-refractivity contribution is 5.87. The van der Waals surface area contributed by atoms with Gasteiger partial charge in [0.05, 0.1) is 29.8 Å². The van der Waals surface area contributed by atoms with E-state index in [-0.39, 0.29) is 0 Å². The number of rotatable bonds is 7. The van der Waals surface area contributed by atoms with Gasteiger partial charge in [-0.05, 0) is 65.1 Å². The fraction of sp³-hybridized carbons (Fsp3) is 0.0968. The van der Waals surface area contributed by atoms with Crippen LogP contribution in [0.4, 0.5) is 0 Å². The number of benzene rings is 3. The molecule has 1 aromatic heterocycles. The number of pyridine rings is 1. The first-order chi connectivity index (χ1) is 17.2. The van der Waals surface area contributed by atoms with Crippen molar-refractivity contribution in [2.75, 3.05) is 0 Å². The van der Waals surface area contributed by atoms with E-state index in [0.29, 0.717) is 17.7 Å². The number of allylic oxidation sites excluding steroid dienone is 1. The van der Waals surface area contributed by atoms with E-state index in [1.165, 1.54) is 0 Å². The van der Waals surface area contributed by atoms with E-state index < -0.39 is 0 Å². The van der Waals surface area contributed by atoms with Gasteiger partial charge in [0.25, 0.3) is 0 Å². The van der Waals surface area contributed by atoms with Crippen LogP contribution in [0.3, 0.4) is 0 Å². The maximum atomic E-state index is 8.96. The lowest BCUT2D eigenvalue weighted by molar-refractivity contribution is -0.688. The zero-order chi connectivity index (χ0) is 24.5. The Balaban J connectivity index is 1.48. The molecule has 168 valence electrons. The number of hydrogen-bond acceptors (Lipinski definition) is 3. The van der Waals surface area contributed by atoms with Crippen molar-refractivity contribution in [3.05, 3.63) is 131 Å². The molecular formula is C31H25N4+. The highest BCUT2D eigenvalue weighted by Crippen LogP contribution is 2.22. The van der Waals surface area contributed by atoms with Gasteiger partial charge >= 0.3 is 0 Å². The van der Waals surface area contributed by atoms with E-state index in [1.807, 2.05) is 67.7 Å². The summed E-state index contributed by atoms with van der Waals surface area (Å²) in [7, 11) is 0. The number of aliphatic imine (C=N–C) groups is 1. The van der Waals surface area contributed by atoms with Crippen molar-refractivity contribution in [1.82, 2.24) is 0 Å². The lowest BCUT2D eigenvalue weighted by Crippen LogP contribution is -2.32. The smallest absolute Gasteiger partial charge is 0.173 e. The van der Waals surface area contributed by atoms with Crippen LogP contribution in [0.1, 0.15) is 40.3 Å². The second-order valence-corrected chi connectivity index (χ2v) is 8.19. The Hall–Kier alpha value is -4.80. The topological polar surface area (TPSA) is 63.8 Å². The van der Waals surface area contributed by atoms with Crippen molar-refractivity contribution in [2.24, 2.45) is 4.99 Å². The second kappa shape index (κ2) is 11.4. The van der Waals surface area contributed by atoms with Crippen molar-refractivity contribution < 1.29 is 4.57 Å². The molecule has 4 aromatic rings. The van der Waals surface area contributed by atoms with Gasteiger partial charge < -0.3 is 0 Å². The molecule has 4 rings (SSSR count). The van der Waals surface area contributed by atoms with Gasteiger partial charge in [0.1, 0.15) is 0 Å². The average molecular weight is 454 g/mol. The molecule has 3 aromatic carbocycles. The lowest BCUT2D eigenvalue weighted by atomic mass is 9.99. The van der Waals surface area contributed by atoms with Gasteiger partial charge in [0.15, 0.2) is 18.9 Å². The van der Waals surface area contributed by atoms with Crippen molar-refractivity contribution in [3.63, 3.8) is 0 Å². The molecule has 0 N–H and O–H groups in total. The molecule has 0 aliphatic rings. The predicted molar refractivity (Wildman–Crippen MR) is 139 cm³/mol. The van der Waals surface area contributed by atoms with Crippen LogP contribution in [0.25, 0.3) is 17.2 Å². The quantitative estimate of drug-likeness (QED) is 0.251. The molecule has 4 nitrogen and oxygen atoms in total. The molecule has 0 amide bonds. The van der Waals surface area contributed by atoms with Crippen molar-refractivity contribution in [2.45, 2.75) is 20.0 Å². The maximum Gasteiger partial charge on any atom is 0.173 e. The van der Waals surface area contributed by atoms with E-state index in [9.17, 15) is 0 Å². The summed E-state index contributed by atoms with van der Waals surface area (Å²) < 4.78 is 2.13. The fourth-order valence-corrected chi connectivity index (χ4v) is 3.78. The van der Waals surface area contributed by atoms with Gasteiger partial charge in [0, 0.05) is 23.9 Å². The van der Waals surface area contributed by atoms with Gasteiger partial charge in [-0.3, -0.25) is 4.99 Å². The minimum absolute atomic E-state index is 0.570.